The van der Waals surface area contributed by atoms with Crippen molar-refractivity contribution in [3.8, 4) is 11.5 Å². The number of carbonyl (C=O) groups is 1. The van der Waals surface area contributed by atoms with E-state index in [9.17, 15) is 9.90 Å². The number of ether oxygens (including phenoxy) is 2. The molecule has 1 unspecified atom stereocenters. The van der Waals surface area contributed by atoms with Crippen LogP contribution in [0.2, 0.25) is 0 Å². The molecular weight excluding hydrogens is 302 g/mol. The molecule has 2 aromatic rings. The number of thiophene rings is 1. The molecule has 1 atom stereocenters. The number of carbonyl (C=O) groups excluding carboxylic acids is 1. The van der Waals surface area contributed by atoms with Crippen molar-refractivity contribution in [1.29, 1.82) is 0 Å². The molecule has 1 N–H and O–H groups in total. The number of hydrogen-bond donors (Lipinski definition) is 1. The Labute approximate surface area is 133 Å². The topological polar surface area (TPSA) is 59.0 Å². The van der Waals surface area contributed by atoms with Crippen molar-refractivity contribution in [3.05, 3.63) is 46.2 Å². The molecule has 22 heavy (non-hydrogen) atoms. The third-order valence-electron chi connectivity index (χ3n) is 3.32. The summed E-state index contributed by atoms with van der Waals surface area (Å²) < 4.78 is 10.4. The van der Waals surface area contributed by atoms with Crippen LogP contribution < -0.4 is 9.47 Å². The van der Waals surface area contributed by atoms with Crippen LogP contribution in [0.4, 0.5) is 0 Å². The number of likely N-dealkylation sites (N-methyl/N-ethyl adjacent to an activating group) is 1. The molecule has 1 heterocycles. The molecule has 2 rings (SSSR count). The second kappa shape index (κ2) is 7.29. The highest BCUT2D eigenvalue weighted by molar-refractivity contribution is 7.12. The molecule has 1 aromatic carbocycles. The predicted molar refractivity (Wildman–Crippen MR) is 85.8 cm³/mol. The molecule has 0 saturated heterocycles. The normalized spacial score (nSPS) is 11.8. The van der Waals surface area contributed by atoms with Gasteiger partial charge in [-0.05, 0) is 29.1 Å². The van der Waals surface area contributed by atoms with Gasteiger partial charge in [-0.3, -0.25) is 4.79 Å². The third-order valence-corrected chi connectivity index (χ3v) is 4.18. The molecule has 0 radical (unpaired) electrons. The SMILES string of the molecule is COc1ccc(C(O)CN(C)C(=O)c2cccs2)cc1OC. The van der Waals surface area contributed by atoms with Gasteiger partial charge in [0.25, 0.3) is 5.91 Å². The molecule has 0 spiro atoms. The maximum atomic E-state index is 12.2. The zero-order valence-corrected chi connectivity index (χ0v) is 13.6. The summed E-state index contributed by atoms with van der Waals surface area (Å²) in [6, 6.07) is 8.81. The van der Waals surface area contributed by atoms with Crippen molar-refractivity contribution < 1.29 is 19.4 Å². The predicted octanol–water partition coefficient (Wildman–Crippen LogP) is 2.57. The van der Waals surface area contributed by atoms with Crippen molar-refractivity contribution in [3.63, 3.8) is 0 Å². The Morgan fingerprint density at radius 3 is 2.59 bits per heavy atom. The van der Waals surface area contributed by atoms with Crippen molar-refractivity contribution in [1.82, 2.24) is 4.90 Å². The molecule has 0 saturated carbocycles. The number of benzene rings is 1. The second-order valence-corrected chi connectivity index (χ2v) is 5.74. The molecule has 6 heteroatoms. The van der Waals surface area contributed by atoms with Crippen LogP contribution >= 0.6 is 11.3 Å². The van der Waals surface area contributed by atoms with Crippen molar-refractivity contribution in [2.75, 3.05) is 27.8 Å². The molecule has 0 bridgehead atoms. The minimum Gasteiger partial charge on any atom is -0.493 e. The van der Waals surface area contributed by atoms with Crippen LogP contribution in [0.15, 0.2) is 35.7 Å². The van der Waals surface area contributed by atoms with Gasteiger partial charge in [-0.1, -0.05) is 12.1 Å². The average molecular weight is 321 g/mol. The zero-order chi connectivity index (χ0) is 16.1. The van der Waals surface area contributed by atoms with E-state index in [1.54, 1.807) is 45.5 Å². The lowest BCUT2D eigenvalue weighted by Gasteiger charge is -2.21. The summed E-state index contributed by atoms with van der Waals surface area (Å²) in [6.07, 6.45) is -0.797. The third kappa shape index (κ3) is 3.58. The van der Waals surface area contributed by atoms with Crippen LogP contribution in [0.5, 0.6) is 11.5 Å². The van der Waals surface area contributed by atoms with Crippen LogP contribution in [0.1, 0.15) is 21.3 Å². The van der Waals surface area contributed by atoms with Gasteiger partial charge in [0.05, 0.1) is 31.7 Å². The van der Waals surface area contributed by atoms with Crippen molar-refractivity contribution in [2.45, 2.75) is 6.10 Å². The molecule has 0 aliphatic heterocycles. The minimum atomic E-state index is -0.797. The Balaban J connectivity index is 2.08. The highest BCUT2D eigenvalue weighted by Gasteiger charge is 2.18. The Bertz CT molecular complexity index is 627. The van der Waals surface area contributed by atoms with Gasteiger partial charge in [-0.25, -0.2) is 0 Å². The molecule has 1 amide bonds. The second-order valence-electron chi connectivity index (χ2n) is 4.79. The molecular formula is C16H19NO4S. The first-order chi connectivity index (χ1) is 10.6. The van der Waals surface area contributed by atoms with Crippen molar-refractivity contribution >= 4 is 17.2 Å². The molecule has 5 nitrogen and oxygen atoms in total. The van der Waals surface area contributed by atoms with Crippen LogP contribution in [-0.4, -0.2) is 43.7 Å². The number of nitrogens with zero attached hydrogens (tertiary/aromatic N) is 1. The molecule has 0 fully saturated rings. The van der Waals surface area contributed by atoms with Gasteiger partial charge in [0, 0.05) is 7.05 Å². The van der Waals surface area contributed by atoms with Gasteiger partial charge in [0.15, 0.2) is 11.5 Å². The van der Waals surface area contributed by atoms with E-state index in [4.69, 9.17) is 9.47 Å². The number of methoxy groups -OCH3 is 2. The highest BCUT2D eigenvalue weighted by atomic mass is 32.1. The van der Waals surface area contributed by atoms with E-state index >= 15 is 0 Å². The van der Waals surface area contributed by atoms with Gasteiger partial charge >= 0.3 is 0 Å². The van der Waals surface area contributed by atoms with E-state index in [1.807, 2.05) is 11.4 Å². The zero-order valence-electron chi connectivity index (χ0n) is 12.8. The number of aliphatic hydroxyl groups excluding tert-OH is 1. The summed E-state index contributed by atoms with van der Waals surface area (Å²) in [5.74, 6) is 1.04. The standard InChI is InChI=1S/C16H19NO4S/c1-17(16(19)15-5-4-8-22-15)10-12(18)11-6-7-13(20-2)14(9-11)21-3/h4-9,12,18H,10H2,1-3H3. The lowest BCUT2D eigenvalue weighted by molar-refractivity contribution is 0.0685. The Kier molecular flexibility index (Phi) is 5.41. The molecule has 0 aliphatic carbocycles. The fourth-order valence-electron chi connectivity index (χ4n) is 2.10. The minimum absolute atomic E-state index is 0.102. The lowest BCUT2D eigenvalue weighted by Crippen LogP contribution is -2.30. The van der Waals surface area contributed by atoms with E-state index in [-0.39, 0.29) is 12.5 Å². The Hall–Kier alpha value is -2.05. The van der Waals surface area contributed by atoms with Crippen LogP contribution in [0.25, 0.3) is 0 Å². The van der Waals surface area contributed by atoms with Gasteiger partial charge < -0.3 is 19.5 Å². The number of hydrogen-bond acceptors (Lipinski definition) is 5. The van der Waals surface area contributed by atoms with Crippen LogP contribution in [0, 0.1) is 0 Å². The van der Waals surface area contributed by atoms with E-state index < -0.39 is 6.10 Å². The maximum absolute atomic E-state index is 12.2. The monoisotopic (exact) mass is 321 g/mol. The summed E-state index contributed by atoms with van der Waals surface area (Å²) in [7, 11) is 4.77. The van der Waals surface area contributed by atoms with E-state index in [2.05, 4.69) is 0 Å². The Morgan fingerprint density at radius 2 is 2.00 bits per heavy atom. The number of aliphatic hydroxyl groups is 1. The first kappa shape index (κ1) is 16.3. The van der Waals surface area contributed by atoms with E-state index in [0.29, 0.717) is 21.9 Å². The van der Waals surface area contributed by atoms with Crippen LogP contribution in [-0.2, 0) is 0 Å². The summed E-state index contributed by atoms with van der Waals surface area (Å²) in [4.78, 5) is 14.3. The summed E-state index contributed by atoms with van der Waals surface area (Å²) in [5, 5.41) is 12.2. The fraction of sp³-hybridized carbons (Fsp3) is 0.312. The summed E-state index contributed by atoms with van der Waals surface area (Å²) in [6.45, 7) is 0.201. The van der Waals surface area contributed by atoms with Crippen molar-refractivity contribution in [2.24, 2.45) is 0 Å². The lowest BCUT2D eigenvalue weighted by atomic mass is 10.1. The van der Waals surface area contributed by atoms with Crippen LogP contribution in [0.3, 0.4) is 0 Å². The summed E-state index contributed by atoms with van der Waals surface area (Å²) in [5.41, 5.74) is 0.670. The van der Waals surface area contributed by atoms with Gasteiger partial charge in [-0.15, -0.1) is 11.3 Å². The molecule has 118 valence electrons. The van der Waals surface area contributed by atoms with Gasteiger partial charge in [-0.2, -0.15) is 0 Å². The average Bonchev–Trinajstić information content (AvgIpc) is 3.07. The first-order valence-corrected chi connectivity index (χ1v) is 7.63. The number of amides is 1. The van der Waals surface area contributed by atoms with E-state index in [0.717, 1.165) is 0 Å². The maximum Gasteiger partial charge on any atom is 0.263 e. The molecule has 1 aromatic heterocycles. The highest BCUT2D eigenvalue weighted by Crippen LogP contribution is 2.30. The fourth-order valence-corrected chi connectivity index (χ4v) is 2.81. The van der Waals surface area contributed by atoms with Gasteiger partial charge in [0.2, 0.25) is 0 Å². The molecule has 0 aliphatic rings. The quantitative estimate of drug-likeness (QED) is 0.888. The number of rotatable bonds is 6. The summed E-state index contributed by atoms with van der Waals surface area (Å²) >= 11 is 1.38. The van der Waals surface area contributed by atoms with E-state index in [1.165, 1.54) is 16.2 Å². The smallest absolute Gasteiger partial charge is 0.263 e. The van der Waals surface area contributed by atoms with Gasteiger partial charge in [0.1, 0.15) is 0 Å². The largest absolute Gasteiger partial charge is 0.493 e. The Morgan fingerprint density at radius 1 is 1.27 bits per heavy atom. The first-order valence-electron chi connectivity index (χ1n) is 6.75.